The zero-order valence-corrected chi connectivity index (χ0v) is 9.12. The van der Waals surface area contributed by atoms with E-state index in [1.165, 1.54) is 0 Å². The minimum Gasteiger partial charge on any atom is -0.398 e. The molecule has 0 aliphatic heterocycles. The van der Waals surface area contributed by atoms with E-state index in [4.69, 9.17) is 15.9 Å². The number of aryl methyl sites for hydroxylation is 1. The number of aliphatic hydroxyl groups excluding tert-OH is 2. The summed E-state index contributed by atoms with van der Waals surface area (Å²) in [5.74, 6) is 0. The molecule has 4 nitrogen and oxygen atoms in total. The highest BCUT2D eigenvalue weighted by molar-refractivity contribution is 5.59. The normalized spacial score (nSPS) is 11.5. The number of nitrogens with two attached hydrogens (primary N) is 1. The van der Waals surface area contributed by atoms with Gasteiger partial charge in [-0.3, -0.25) is 0 Å². The summed E-state index contributed by atoms with van der Waals surface area (Å²) in [6.45, 7) is 3.38. The first kappa shape index (κ1) is 11.8. The average molecular weight is 210 g/mol. The highest BCUT2D eigenvalue weighted by atomic mass is 16.3. The van der Waals surface area contributed by atoms with Gasteiger partial charge in [-0.1, -0.05) is 6.07 Å². The Hall–Kier alpha value is -1.26. The summed E-state index contributed by atoms with van der Waals surface area (Å²) in [4.78, 5) is 0. The molecule has 0 aromatic heterocycles. The molecule has 84 valence electrons. The molecule has 0 aliphatic rings. The maximum atomic E-state index is 9.12. The van der Waals surface area contributed by atoms with Gasteiger partial charge < -0.3 is 21.3 Å². The Morgan fingerprint density at radius 1 is 1.33 bits per heavy atom. The van der Waals surface area contributed by atoms with Crippen molar-refractivity contribution in [1.82, 2.24) is 0 Å². The summed E-state index contributed by atoms with van der Waals surface area (Å²) < 4.78 is 0. The van der Waals surface area contributed by atoms with Crippen LogP contribution in [0.4, 0.5) is 11.4 Å². The van der Waals surface area contributed by atoms with Gasteiger partial charge in [0, 0.05) is 11.4 Å². The average Bonchev–Trinajstić information content (AvgIpc) is 2.23. The summed E-state index contributed by atoms with van der Waals surface area (Å²) in [5.41, 5.74) is 7.53. The summed E-state index contributed by atoms with van der Waals surface area (Å²) in [7, 11) is 0. The molecule has 0 atom stereocenters. The van der Waals surface area contributed by atoms with Gasteiger partial charge in [-0.15, -0.1) is 0 Å². The van der Waals surface area contributed by atoms with E-state index >= 15 is 0 Å². The number of hydrogen-bond acceptors (Lipinski definition) is 4. The molecular formula is C11H18N2O2. The van der Waals surface area contributed by atoms with Crippen LogP contribution in [0.3, 0.4) is 0 Å². The van der Waals surface area contributed by atoms with Crippen LogP contribution in [-0.2, 0) is 0 Å². The van der Waals surface area contributed by atoms with Crippen LogP contribution in [0.15, 0.2) is 18.2 Å². The van der Waals surface area contributed by atoms with Crippen LogP contribution in [0.1, 0.15) is 12.5 Å². The van der Waals surface area contributed by atoms with Gasteiger partial charge >= 0.3 is 0 Å². The van der Waals surface area contributed by atoms with E-state index in [0.717, 1.165) is 11.3 Å². The second-order valence-electron chi connectivity index (χ2n) is 4.07. The summed E-state index contributed by atoms with van der Waals surface area (Å²) in [5, 5.41) is 21.3. The third kappa shape index (κ3) is 2.84. The number of nitrogen functional groups attached to an aromatic ring is 1. The largest absolute Gasteiger partial charge is 0.398 e. The number of anilines is 2. The standard InChI is InChI=1S/C11H18N2O2/c1-8-3-4-9(5-10(8)12)13-11(2,6-14)7-15/h3-5,13-15H,6-7,12H2,1-2H3. The molecule has 5 N–H and O–H groups in total. The molecule has 4 heteroatoms. The van der Waals surface area contributed by atoms with Crippen molar-refractivity contribution in [2.75, 3.05) is 24.3 Å². The van der Waals surface area contributed by atoms with Crippen molar-refractivity contribution in [2.24, 2.45) is 0 Å². The van der Waals surface area contributed by atoms with E-state index in [1.807, 2.05) is 19.1 Å². The van der Waals surface area contributed by atoms with E-state index in [0.29, 0.717) is 5.69 Å². The van der Waals surface area contributed by atoms with Crippen molar-refractivity contribution in [2.45, 2.75) is 19.4 Å². The molecule has 0 saturated carbocycles. The Kier molecular flexibility index (Phi) is 3.55. The molecule has 1 rings (SSSR count). The van der Waals surface area contributed by atoms with E-state index in [2.05, 4.69) is 5.32 Å². The maximum Gasteiger partial charge on any atom is 0.0806 e. The number of nitrogens with one attached hydrogen (secondary N) is 1. The predicted molar refractivity (Wildman–Crippen MR) is 61.8 cm³/mol. The minimum absolute atomic E-state index is 0.142. The Labute approximate surface area is 89.7 Å². The van der Waals surface area contributed by atoms with Crippen molar-refractivity contribution < 1.29 is 10.2 Å². The Morgan fingerprint density at radius 2 is 1.93 bits per heavy atom. The van der Waals surface area contributed by atoms with Gasteiger partial charge in [0.2, 0.25) is 0 Å². The molecule has 0 fully saturated rings. The number of benzene rings is 1. The molecule has 0 bridgehead atoms. The topological polar surface area (TPSA) is 78.5 Å². The number of hydrogen-bond donors (Lipinski definition) is 4. The van der Waals surface area contributed by atoms with Crippen molar-refractivity contribution in [3.05, 3.63) is 23.8 Å². The second kappa shape index (κ2) is 4.51. The molecule has 0 spiro atoms. The Bertz CT molecular complexity index is 335. The van der Waals surface area contributed by atoms with Crippen LogP contribution in [-0.4, -0.2) is 29.0 Å². The van der Waals surface area contributed by atoms with Gasteiger partial charge in [-0.05, 0) is 31.5 Å². The molecule has 0 unspecified atom stereocenters. The van der Waals surface area contributed by atoms with Gasteiger partial charge in [0.05, 0.1) is 18.8 Å². The highest BCUT2D eigenvalue weighted by Crippen LogP contribution is 2.20. The lowest BCUT2D eigenvalue weighted by Gasteiger charge is -2.27. The van der Waals surface area contributed by atoms with Crippen LogP contribution >= 0.6 is 0 Å². The second-order valence-corrected chi connectivity index (χ2v) is 4.07. The SMILES string of the molecule is Cc1ccc(NC(C)(CO)CO)cc1N. The van der Waals surface area contributed by atoms with Crippen LogP contribution in [0.25, 0.3) is 0 Å². The number of aliphatic hydroxyl groups is 2. The van der Waals surface area contributed by atoms with Crippen LogP contribution in [0.5, 0.6) is 0 Å². The third-order valence-electron chi connectivity index (χ3n) is 2.42. The smallest absolute Gasteiger partial charge is 0.0806 e. The molecular weight excluding hydrogens is 192 g/mol. The maximum absolute atomic E-state index is 9.12. The first-order valence-corrected chi connectivity index (χ1v) is 4.87. The lowest BCUT2D eigenvalue weighted by atomic mass is 10.0. The first-order valence-electron chi connectivity index (χ1n) is 4.87. The van der Waals surface area contributed by atoms with Crippen molar-refractivity contribution in [3.63, 3.8) is 0 Å². The van der Waals surface area contributed by atoms with Gasteiger partial charge in [-0.25, -0.2) is 0 Å². The summed E-state index contributed by atoms with van der Waals surface area (Å²) in [6, 6.07) is 5.56. The molecule has 1 aromatic rings. The van der Waals surface area contributed by atoms with Crippen LogP contribution in [0, 0.1) is 6.92 Å². The lowest BCUT2D eigenvalue weighted by Crippen LogP contribution is -2.42. The zero-order valence-electron chi connectivity index (χ0n) is 9.12. The fourth-order valence-corrected chi connectivity index (χ4v) is 1.20. The molecule has 0 saturated heterocycles. The van der Waals surface area contributed by atoms with Crippen molar-refractivity contribution in [1.29, 1.82) is 0 Å². The van der Waals surface area contributed by atoms with E-state index in [1.54, 1.807) is 13.0 Å². The van der Waals surface area contributed by atoms with Crippen LogP contribution < -0.4 is 11.1 Å². The fourth-order valence-electron chi connectivity index (χ4n) is 1.20. The van der Waals surface area contributed by atoms with E-state index in [-0.39, 0.29) is 13.2 Å². The quantitative estimate of drug-likeness (QED) is 0.552. The fraction of sp³-hybridized carbons (Fsp3) is 0.455. The lowest BCUT2D eigenvalue weighted by molar-refractivity contribution is 0.147. The Morgan fingerprint density at radius 3 is 2.40 bits per heavy atom. The molecule has 1 aromatic carbocycles. The monoisotopic (exact) mass is 210 g/mol. The molecule has 15 heavy (non-hydrogen) atoms. The first-order chi connectivity index (χ1) is 7.00. The summed E-state index contributed by atoms with van der Waals surface area (Å²) in [6.07, 6.45) is 0. The van der Waals surface area contributed by atoms with Crippen molar-refractivity contribution >= 4 is 11.4 Å². The molecule has 0 amide bonds. The molecule has 0 radical (unpaired) electrons. The Balaban J connectivity index is 2.85. The van der Waals surface area contributed by atoms with Crippen molar-refractivity contribution in [3.8, 4) is 0 Å². The summed E-state index contributed by atoms with van der Waals surface area (Å²) >= 11 is 0. The minimum atomic E-state index is -0.721. The molecule has 0 aliphatic carbocycles. The van der Waals surface area contributed by atoms with Crippen LogP contribution in [0.2, 0.25) is 0 Å². The van der Waals surface area contributed by atoms with Gasteiger partial charge in [-0.2, -0.15) is 0 Å². The predicted octanol–water partition coefficient (Wildman–Crippen LogP) is 0.732. The molecule has 0 heterocycles. The zero-order chi connectivity index (χ0) is 11.5. The van der Waals surface area contributed by atoms with E-state index < -0.39 is 5.54 Å². The van der Waals surface area contributed by atoms with Gasteiger partial charge in [0.1, 0.15) is 0 Å². The third-order valence-corrected chi connectivity index (χ3v) is 2.42. The van der Waals surface area contributed by atoms with E-state index in [9.17, 15) is 0 Å². The highest BCUT2D eigenvalue weighted by Gasteiger charge is 2.21. The number of rotatable bonds is 4. The van der Waals surface area contributed by atoms with Gasteiger partial charge in [0.15, 0.2) is 0 Å². The van der Waals surface area contributed by atoms with Gasteiger partial charge in [0.25, 0.3) is 0 Å².